The molecule has 0 saturated carbocycles. The number of anilines is 1. The lowest BCUT2D eigenvalue weighted by molar-refractivity contribution is 0.685. The fourth-order valence-electron chi connectivity index (χ4n) is 4.33. The second-order valence-corrected chi connectivity index (χ2v) is 8.17. The lowest BCUT2D eigenvalue weighted by Crippen LogP contribution is -2.30. The van der Waals surface area contributed by atoms with E-state index >= 15 is 0 Å². The molecule has 0 radical (unpaired) electrons. The zero-order valence-electron chi connectivity index (χ0n) is 16.1. The number of hydrogen-bond acceptors (Lipinski definition) is 1. The Morgan fingerprint density at radius 2 is 1.43 bits per heavy atom. The number of nitrogens with zero attached hydrogens (tertiary/aromatic N) is 1. The van der Waals surface area contributed by atoms with Gasteiger partial charge in [0, 0.05) is 34.1 Å². The van der Waals surface area contributed by atoms with E-state index in [9.17, 15) is 0 Å². The molecule has 2 heteroatoms. The first-order valence-corrected chi connectivity index (χ1v) is 10.2. The second-order valence-electron chi connectivity index (χ2n) is 7.77. The van der Waals surface area contributed by atoms with Crippen molar-refractivity contribution in [1.29, 1.82) is 0 Å². The molecule has 138 valence electrons. The van der Waals surface area contributed by atoms with E-state index in [4.69, 9.17) is 11.6 Å². The minimum Gasteiger partial charge on any atom is -0.364 e. The molecule has 0 unspecified atom stereocenters. The van der Waals surface area contributed by atoms with Gasteiger partial charge in [-0.3, -0.25) is 0 Å². The molecule has 0 amide bonds. The first kappa shape index (κ1) is 17.3. The minimum atomic E-state index is 0.366. The van der Waals surface area contributed by atoms with Gasteiger partial charge in [0.05, 0.1) is 0 Å². The summed E-state index contributed by atoms with van der Waals surface area (Å²) in [5, 5.41) is 8.34. The molecule has 0 aliphatic heterocycles. The predicted octanol–water partition coefficient (Wildman–Crippen LogP) is 7.65. The minimum absolute atomic E-state index is 0.366. The highest BCUT2D eigenvalue weighted by Crippen LogP contribution is 2.42. The maximum Gasteiger partial charge on any atom is 0.0485 e. The van der Waals surface area contributed by atoms with Crippen LogP contribution >= 0.6 is 11.6 Å². The van der Waals surface area contributed by atoms with Gasteiger partial charge in [0.25, 0.3) is 0 Å². The SMILES string of the molecule is CC(C)N(Cc1ccccc1)c1cc2c(Cl)ccc3ccc4cccc1c4c32. The summed E-state index contributed by atoms with van der Waals surface area (Å²) in [4.78, 5) is 2.48. The highest BCUT2D eigenvalue weighted by atomic mass is 35.5. The Hall–Kier alpha value is -2.77. The van der Waals surface area contributed by atoms with Crippen LogP contribution in [0.2, 0.25) is 5.02 Å². The molecule has 0 aliphatic rings. The van der Waals surface area contributed by atoms with Gasteiger partial charge in [-0.2, -0.15) is 0 Å². The van der Waals surface area contributed by atoms with Gasteiger partial charge < -0.3 is 4.90 Å². The second kappa shape index (κ2) is 6.68. The van der Waals surface area contributed by atoms with E-state index in [1.54, 1.807) is 0 Å². The maximum atomic E-state index is 6.68. The van der Waals surface area contributed by atoms with Gasteiger partial charge in [0.1, 0.15) is 0 Å². The topological polar surface area (TPSA) is 3.24 Å². The largest absolute Gasteiger partial charge is 0.364 e. The van der Waals surface area contributed by atoms with E-state index in [1.165, 1.54) is 38.2 Å². The number of hydrogen-bond donors (Lipinski definition) is 0. The summed E-state index contributed by atoms with van der Waals surface area (Å²) in [6, 6.07) is 28.5. The molecular formula is C26H22ClN. The Morgan fingerprint density at radius 1 is 0.750 bits per heavy atom. The fraction of sp³-hybridized carbons (Fsp3) is 0.154. The van der Waals surface area contributed by atoms with Crippen LogP contribution in [0.15, 0.2) is 78.9 Å². The Labute approximate surface area is 170 Å². The van der Waals surface area contributed by atoms with E-state index in [0.29, 0.717) is 6.04 Å². The summed E-state index contributed by atoms with van der Waals surface area (Å²) < 4.78 is 0. The first-order chi connectivity index (χ1) is 13.6. The third kappa shape index (κ3) is 2.70. The number of benzene rings is 5. The summed E-state index contributed by atoms with van der Waals surface area (Å²) in [5.74, 6) is 0. The van der Waals surface area contributed by atoms with Crippen molar-refractivity contribution >= 4 is 49.6 Å². The molecule has 0 fully saturated rings. The molecule has 0 saturated heterocycles. The Kier molecular flexibility index (Phi) is 4.14. The van der Waals surface area contributed by atoms with Gasteiger partial charge >= 0.3 is 0 Å². The van der Waals surface area contributed by atoms with Crippen LogP contribution in [0.25, 0.3) is 32.3 Å². The van der Waals surface area contributed by atoms with Crippen molar-refractivity contribution < 1.29 is 0 Å². The molecule has 0 heterocycles. The van der Waals surface area contributed by atoms with Crippen molar-refractivity contribution in [3.8, 4) is 0 Å². The maximum absolute atomic E-state index is 6.68. The standard InChI is InChI=1S/C26H22ClN/c1-17(2)28(16-18-7-4-3-5-8-18)24-15-22-23(27)14-13-20-12-11-19-9-6-10-21(24)25(19)26(20)22/h3-15,17H,16H2,1-2H3. The van der Waals surface area contributed by atoms with Crippen molar-refractivity contribution in [1.82, 2.24) is 0 Å². The third-order valence-corrected chi connectivity index (χ3v) is 6.03. The van der Waals surface area contributed by atoms with Gasteiger partial charge in [-0.1, -0.05) is 78.3 Å². The monoisotopic (exact) mass is 383 g/mol. The normalized spacial score (nSPS) is 11.9. The van der Waals surface area contributed by atoms with Gasteiger partial charge in [0.15, 0.2) is 0 Å². The molecule has 0 bridgehead atoms. The van der Waals surface area contributed by atoms with Crippen molar-refractivity contribution in [2.45, 2.75) is 26.4 Å². The molecule has 1 nitrogen and oxygen atoms in total. The van der Waals surface area contributed by atoms with E-state index in [2.05, 4.69) is 91.5 Å². The zero-order chi connectivity index (χ0) is 19.3. The van der Waals surface area contributed by atoms with Crippen LogP contribution in [-0.4, -0.2) is 6.04 Å². The van der Waals surface area contributed by atoms with Crippen LogP contribution in [0.5, 0.6) is 0 Å². The highest BCUT2D eigenvalue weighted by molar-refractivity contribution is 6.39. The number of halogens is 1. The van der Waals surface area contributed by atoms with Crippen molar-refractivity contribution in [2.75, 3.05) is 4.90 Å². The molecule has 0 N–H and O–H groups in total. The van der Waals surface area contributed by atoms with Gasteiger partial charge in [-0.05, 0) is 53.1 Å². The van der Waals surface area contributed by atoms with Crippen molar-refractivity contribution in [3.63, 3.8) is 0 Å². The van der Waals surface area contributed by atoms with E-state index in [0.717, 1.165) is 17.0 Å². The predicted molar refractivity (Wildman–Crippen MR) is 123 cm³/mol. The molecule has 28 heavy (non-hydrogen) atoms. The molecule has 5 aromatic rings. The summed E-state index contributed by atoms with van der Waals surface area (Å²) in [6.07, 6.45) is 0. The lowest BCUT2D eigenvalue weighted by atomic mass is 9.92. The van der Waals surface area contributed by atoms with Gasteiger partial charge in [-0.25, -0.2) is 0 Å². The Bertz CT molecular complexity index is 1270. The molecule has 0 spiro atoms. The van der Waals surface area contributed by atoms with E-state index < -0.39 is 0 Å². The van der Waals surface area contributed by atoms with Gasteiger partial charge in [0.2, 0.25) is 0 Å². The molecular weight excluding hydrogens is 362 g/mol. The molecule has 0 aliphatic carbocycles. The smallest absolute Gasteiger partial charge is 0.0485 e. The van der Waals surface area contributed by atoms with Crippen molar-refractivity contribution in [3.05, 3.63) is 89.4 Å². The quantitative estimate of drug-likeness (QED) is 0.288. The average Bonchev–Trinajstić information content (AvgIpc) is 2.72. The van der Waals surface area contributed by atoms with Crippen LogP contribution in [0, 0.1) is 0 Å². The van der Waals surface area contributed by atoms with E-state index in [1.807, 2.05) is 6.07 Å². The van der Waals surface area contributed by atoms with Gasteiger partial charge in [-0.15, -0.1) is 0 Å². The molecule has 5 aromatic carbocycles. The highest BCUT2D eigenvalue weighted by Gasteiger charge is 2.19. The Morgan fingerprint density at radius 3 is 2.18 bits per heavy atom. The number of rotatable bonds is 4. The van der Waals surface area contributed by atoms with Crippen LogP contribution in [0.1, 0.15) is 19.4 Å². The van der Waals surface area contributed by atoms with Crippen LogP contribution in [0.3, 0.4) is 0 Å². The zero-order valence-corrected chi connectivity index (χ0v) is 16.9. The molecule has 0 aromatic heterocycles. The summed E-state index contributed by atoms with van der Waals surface area (Å²) in [5.41, 5.74) is 2.56. The van der Waals surface area contributed by atoms with Crippen LogP contribution < -0.4 is 4.90 Å². The Balaban J connectivity index is 1.83. The van der Waals surface area contributed by atoms with Crippen LogP contribution in [-0.2, 0) is 6.54 Å². The molecule has 0 atom stereocenters. The summed E-state index contributed by atoms with van der Waals surface area (Å²) >= 11 is 6.68. The summed E-state index contributed by atoms with van der Waals surface area (Å²) in [7, 11) is 0. The average molecular weight is 384 g/mol. The lowest BCUT2D eigenvalue weighted by Gasteiger charge is -2.31. The summed E-state index contributed by atoms with van der Waals surface area (Å²) in [6.45, 7) is 5.38. The third-order valence-electron chi connectivity index (χ3n) is 5.70. The molecule has 5 rings (SSSR count). The van der Waals surface area contributed by atoms with Crippen molar-refractivity contribution in [2.24, 2.45) is 0 Å². The fourth-order valence-corrected chi connectivity index (χ4v) is 4.54. The van der Waals surface area contributed by atoms with Crippen LogP contribution in [0.4, 0.5) is 5.69 Å². The first-order valence-electron chi connectivity index (χ1n) is 9.80. The van der Waals surface area contributed by atoms with E-state index in [-0.39, 0.29) is 0 Å².